The molecule has 1 atom stereocenters. The predicted octanol–water partition coefficient (Wildman–Crippen LogP) is 3.43. The second-order valence-corrected chi connectivity index (χ2v) is 6.04. The second kappa shape index (κ2) is 6.82. The van der Waals surface area contributed by atoms with Crippen molar-refractivity contribution < 1.29 is 14.3 Å². The Labute approximate surface area is 136 Å². The zero-order chi connectivity index (χ0) is 16.2. The fourth-order valence-electron chi connectivity index (χ4n) is 3.21. The number of likely N-dealkylation sites (tertiary alicyclic amines) is 1. The quantitative estimate of drug-likeness (QED) is 0.813. The number of fused-ring (bicyclic) bond motifs is 1. The molecule has 0 N–H and O–H groups in total. The van der Waals surface area contributed by atoms with Crippen molar-refractivity contribution in [1.29, 1.82) is 0 Å². The highest BCUT2D eigenvalue weighted by molar-refractivity contribution is 6.00. The van der Waals surface area contributed by atoms with Crippen molar-refractivity contribution in [3.05, 3.63) is 42.0 Å². The number of nitrogens with zero attached hydrogens (tertiary/aromatic N) is 1. The van der Waals surface area contributed by atoms with Crippen LogP contribution in [0.3, 0.4) is 0 Å². The van der Waals surface area contributed by atoms with E-state index in [1.165, 1.54) is 6.42 Å². The van der Waals surface area contributed by atoms with E-state index >= 15 is 0 Å². The third kappa shape index (κ3) is 3.21. The number of carbonyl (C=O) groups excluding carboxylic acids is 2. The van der Waals surface area contributed by atoms with Crippen molar-refractivity contribution >= 4 is 23.0 Å². The first-order valence-electron chi connectivity index (χ1n) is 8.10. The van der Waals surface area contributed by atoms with Crippen LogP contribution in [-0.2, 0) is 4.79 Å². The van der Waals surface area contributed by atoms with Crippen LogP contribution in [0.1, 0.15) is 36.5 Å². The normalized spacial score (nSPS) is 18.0. The number of piperidine rings is 1. The molecule has 4 heteroatoms. The Hall–Kier alpha value is -2.36. The molecule has 1 aliphatic rings. The molecule has 0 bridgehead atoms. The summed E-state index contributed by atoms with van der Waals surface area (Å²) in [7, 11) is 0. The maximum absolute atomic E-state index is 12.4. The van der Waals surface area contributed by atoms with Gasteiger partial charge in [0.2, 0.25) is 0 Å². The first-order chi connectivity index (χ1) is 11.2. The number of carbonyl (C=O) groups is 2. The topological polar surface area (TPSA) is 46.6 Å². The average Bonchev–Trinajstić information content (AvgIpc) is 2.59. The van der Waals surface area contributed by atoms with Gasteiger partial charge in [0.05, 0.1) is 5.56 Å². The lowest BCUT2D eigenvalue weighted by Gasteiger charge is -2.33. The second-order valence-electron chi connectivity index (χ2n) is 6.04. The zero-order valence-electron chi connectivity index (χ0n) is 13.3. The van der Waals surface area contributed by atoms with Gasteiger partial charge in [-0.1, -0.05) is 30.3 Å². The summed E-state index contributed by atoms with van der Waals surface area (Å²) in [6.45, 7) is 2.84. The van der Waals surface area contributed by atoms with E-state index in [2.05, 4.69) is 6.92 Å². The van der Waals surface area contributed by atoms with E-state index in [1.54, 1.807) is 6.07 Å². The lowest BCUT2D eigenvalue weighted by Crippen LogP contribution is -2.44. The summed E-state index contributed by atoms with van der Waals surface area (Å²) in [5.41, 5.74) is 0.502. The molecule has 3 rings (SSSR count). The number of amides is 1. The maximum Gasteiger partial charge on any atom is 0.260 e. The number of rotatable bonds is 4. The van der Waals surface area contributed by atoms with Crippen molar-refractivity contribution in [1.82, 2.24) is 4.90 Å². The summed E-state index contributed by atoms with van der Waals surface area (Å²) in [5.74, 6) is 0.457. The molecule has 0 unspecified atom stereocenters. The van der Waals surface area contributed by atoms with Crippen molar-refractivity contribution in [2.45, 2.75) is 32.2 Å². The van der Waals surface area contributed by atoms with Gasteiger partial charge in [-0.3, -0.25) is 9.59 Å². The largest absolute Gasteiger partial charge is 0.483 e. The van der Waals surface area contributed by atoms with Gasteiger partial charge in [-0.2, -0.15) is 0 Å². The van der Waals surface area contributed by atoms with Crippen LogP contribution >= 0.6 is 0 Å². The molecule has 1 saturated heterocycles. The van der Waals surface area contributed by atoms with E-state index in [0.29, 0.717) is 11.3 Å². The Morgan fingerprint density at radius 3 is 2.87 bits per heavy atom. The van der Waals surface area contributed by atoms with Crippen LogP contribution in [0.5, 0.6) is 5.75 Å². The highest BCUT2D eigenvalue weighted by Crippen LogP contribution is 2.27. The molecule has 1 aliphatic heterocycles. The third-order valence-corrected chi connectivity index (χ3v) is 4.52. The van der Waals surface area contributed by atoms with Gasteiger partial charge in [-0.25, -0.2) is 0 Å². The molecular weight excluding hydrogens is 290 g/mol. The molecule has 0 saturated carbocycles. The fourth-order valence-corrected chi connectivity index (χ4v) is 3.21. The molecule has 0 aliphatic carbocycles. The number of aldehydes is 1. The SMILES string of the molecule is C[C@@H]1CCCCN1C(=O)COc1ccc2ccccc2c1C=O. The summed E-state index contributed by atoms with van der Waals surface area (Å²) in [5, 5.41) is 1.83. The molecule has 2 aromatic carbocycles. The molecule has 120 valence electrons. The Morgan fingerprint density at radius 1 is 1.26 bits per heavy atom. The van der Waals surface area contributed by atoms with Crippen molar-refractivity contribution in [3.8, 4) is 5.75 Å². The average molecular weight is 311 g/mol. The molecule has 4 nitrogen and oxygen atoms in total. The minimum atomic E-state index is -0.0243. The molecule has 1 fully saturated rings. The smallest absolute Gasteiger partial charge is 0.260 e. The zero-order valence-corrected chi connectivity index (χ0v) is 13.3. The summed E-state index contributed by atoms with van der Waals surface area (Å²) in [6, 6.07) is 11.6. The molecule has 0 radical (unpaired) electrons. The number of benzene rings is 2. The lowest BCUT2D eigenvalue weighted by atomic mass is 10.0. The molecule has 23 heavy (non-hydrogen) atoms. The molecule has 1 amide bonds. The number of hydrogen-bond donors (Lipinski definition) is 0. The van der Waals surface area contributed by atoms with Crippen molar-refractivity contribution in [3.63, 3.8) is 0 Å². The highest BCUT2D eigenvalue weighted by atomic mass is 16.5. The maximum atomic E-state index is 12.4. The molecule has 1 heterocycles. The molecule has 0 spiro atoms. The molecule has 2 aromatic rings. The van der Waals surface area contributed by atoms with Crippen molar-refractivity contribution in [2.24, 2.45) is 0 Å². The Bertz CT molecular complexity index is 726. The van der Waals surface area contributed by atoms with Gasteiger partial charge >= 0.3 is 0 Å². The summed E-state index contributed by atoms with van der Waals surface area (Å²) in [4.78, 5) is 25.7. The van der Waals surface area contributed by atoms with Gasteiger partial charge in [-0.05, 0) is 43.0 Å². The minimum Gasteiger partial charge on any atom is -0.483 e. The Morgan fingerprint density at radius 2 is 2.09 bits per heavy atom. The van der Waals surface area contributed by atoms with Gasteiger partial charge in [-0.15, -0.1) is 0 Å². The van der Waals surface area contributed by atoms with Crippen LogP contribution in [0.15, 0.2) is 36.4 Å². The summed E-state index contributed by atoms with van der Waals surface area (Å²) < 4.78 is 5.68. The van der Waals surface area contributed by atoms with Crippen LogP contribution in [0.4, 0.5) is 0 Å². The predicted molar refractivity (Wildman–Crippen MR) is 89.9 cm³/mol. The van der Waals surface area contributed by atoms with E-state index in [4.69, 9.17) is 4.74 Å². The monoisotopic (exact) mass is 311 g/mol. The highest BCUT2D eigenvalue weighted by Gasteiger charge is 2.23. The Balaban J connectivity index is 1.76. The van der Waals surface area contributed by atoms with Crippen LogP contribution in [-0.4, -0.2) is 36.3 Å². The molecular formula is C19H21NO3. The van der Waals surface area contributed by atoms with Crippen LogP contribution in [0, 0.1) is 0 Å². The minimum absolute atomic E-state index is 0.0118. The fraction of sp³-hybridized carbons (Fsp3) is 0.368. The van der Waals surface area contributed by atoms with E-state index in [0.717, 1.165) is 36.4 Å². The van der Waals surface area contributed by atoms with Gasteiger partial charge in [0.1, 0.15) is 5.75 Å². The van der Waals surface area contributed by atoms with Gasteiger partial charge in [0.25, 0.3) is 5.91 Å². The third-order valence-electron chi connectivity index (χ3n) is 4.52. The first-order valence-corrected chi connectivity index (χ1v) is 8.10. The lowest BCUT2D eigenvalue weighted by molar-refractivity contribution is -0.136. The Kier molecular flexibility index (Phi) is 4.60. The first kappa shape index (κ1) is 15.5. The standard InChI is InChI=1S/C19H21NO3/c1-14-6-4-5-11-20(14)19(22)13-23-18-10-9-15-7-2-3-8-16(15)17(18)12-21/h2-3,7-10,12,14H,4-6,11,13H2,1H3/t14-/m1/s1. The number of ether oxygens (including phenoxy) is 1. The van der Waals surface area contributed by atoms with E-state index in [9.17, 15) is 9.59 Å². The van der Waals surface area contributed by atoms with E-state index in [-0.39, 0.29) is 18.6 Å². The van der Waals surface area contributed by atoms with E-state index in [1.807, 2.05) is 35.2 Å². The van der Waals surface area contributed by atoms with Gasteiger partial charge in [0.15, 0.2) is 12.9 Å². The van der Waals surface area contributed by atoms with Crippen LogP contribution < -0.4 is 4.74 Å². The summed E-state index contributed by atoms with van der Waals surface area (Å²) >= 11 is 0. The van der Waals surface area contributed by atoms with Gasteiger partial charge < -0.3 is 9.64 Å². The summed E-state index contributed by atoms with van der Waals surface area (Å²) in [6.07, 6.45) is 4.06. The molecule has 0 aromatic heterocycles. The van der Waals surface area contributed by atoms with Crippen LogP contribution in [0.2, 0.25) is 0 Å². The van der Waals surface area contributed by atoms with Gasteiger partial charge in [0, 0.05) is 12.6 Å². The van der Waals surface area contributed by atoms with E-state index < -0.39 is 0 Å². The van der Waals surface area contributed by atoms with Crippen molar-refractivity contribution in [2.75, 3.05) is 13.2 Å². The van der Waals surface area contributed by atoms with Crippen LogP contribution in [0.25, 0.3) is 10.8 Å². The number of hydrogen-bond acceptors (Lipinski definition) is 3.